The predicted octanol–water partition coefficient (Wildman–Crippen LogP) is 3.32. The Labute approximate surface area is 98.7 Å². The van der Waals surface area contributed by atoms with Crippen LogP contribution in [0.15, 0.2) is 28.7 Å². The number of epoxide rings is 1. The minimum absolute atomic E-state index is 0.171. The summed E-state index contributed by atoms with van der Waals surface area (Å²) < 4.78 is 12.1. The smallest absolute Gasteiger partial charge is 0.104 e. The van der Waals surface area contributed by atoms with Crippen LogP contribution in [0.1, 0.15) is 25.0 Å². The highest BCUT2D eigenvalue weighted by Crippen LogP contribution is 2.29. The molecule has 0 bridgehead atoms. The molecular weight excluding hydrogens is 256 g/mol. The molecule has 82 valence electrons. The van der Waals surface area contributed by atoms with Crippen LogP contribution >= 0.6 is 15.9 Å². The lowest BCUT2D eigenvalue weighted by Gasteiger charge is -2.17. The van der Waals surface area contributed by atoms with Crippen molar-refractivity contribution < 1.29 is 9.47 Å². The zero-order chi connectivity index (χ0) is 10.7. The van der Waals surface area contributed by atoms with Gasteiger partial charge in [0.2, 0.25) is 0 Å². The number of benzene rings is 1. The Hall–Kier alpha value is -0.380. The van der Waals surface area contributed by atoms with Crippen molar-refractivity contribution in [3.8, 4) is 0 Å². The van der Waals surface area contributed by atoms with E-state index in [2.05, 4.69) is 35.0 Å². The van der Waals surface area contributed by atoms with Crippen LogP contribution < -0.4 is 0 Å². The van der Waals surface area contributed by atoms with E-state index in [0.29, 0.717) is 12.7 Å². The third-order valence-electron chi connectivity index (χ3n) is 2.51. The Morgan fingerprint density at radius 2 is 2.27 bits per heavy atom. The molecular formula is C12H15BrO2. The Morgan fingerprint density at radius 1 is 1.53 bits per heavy atom. The van der Waals surface area contributed by atoms with Gasteiger partial charge in [-0.05, 0) is 18.1 Å². The molecule has 1 saturated heterocycles. The fourth-order valence-electron chi connectivity index (χ4n) is 1.55. The maximum absolute atomic E-state index is 5.83. The van der Waals surface area contributed by atoms with E-state index in [9.17, 15) is 0 Å². The van der Waals surface area contributed by atoms with Crippen LogP contribution in [0.2, 0.25) is 0 Å². The number of rotatable bonds is 5. The average molecular weight is 271 g/mol. The molecule has 0 N–H and O–H groups in total. The van der Waals surface area contributed by atoms with E-state index < -0.39 is 0 Å². The van der Waals surface area contributed by atoms with Crippen LogP contribution in [0.4, 0.5) is 0 Å². The molecule has 1 aliphatic rings. The average Bonchev–Trinajstić information content (AvgIpc) is 3.05. The normalized spacial score (nSPS) is 21.3. The van der Waals surface area contributed by atoms with Gasteiger partial charge in [-0.25, -0.2) is 0 Å². The van der Waals surface area contributed by atoms with Crippen molar-refractivity contribution in [3.63, 3.8) is 0 Å². The first-order valence-corrected chi connectivity index (χ1v) is 6.08. The maximum atomic E-state index is 5.83. The molecule has 0 saturated carbocycles. The molecule has 0 amide bonds. The summed E-state index contributed by atoms with van der Waals surface area (Å²) in [6, 6.07) is 8.21. The molecule has 1 aromatic carbocycles. The molecule has 2 nitrogen and oxygen atoms in total. The summed E-state index contributed by atoms with van der Waals surface area (Å²) in [5, 5.41) is 0. The molecule has 1 fully saturated rings. The number of hydrogen-bond acceptors (Lipinski definition) is 2. The Morgan fingerprint density at radius 3 is 2.87 bits per heavy atom. The van der Waals surface area contributed by atoms with E-state index in [0.717, 1.165) is 17.5 Å². The van der Waals surface area contributed by atoms with Gasteiger partial charge in [0.25, 0.3) is 0 Å². The zero-order valence-corrected chi connectivity index (χ0v) is 10.4. The number of hydrogen-bond donors (Lipinski definition) is 0. The van der Waals surface area contributed by atoms with E-state index >= 15 is 0 Å². The van der Waals surface area contributed by atoms with Gasteiger partial charge in [-0.3, -0.25) is 0 Å². The number of halogens is 1. The summed E-state index contributed by atoms with van der Waals surface area (Å²) in [6.45, 7) is 3.70. The van der Waals surface area contributed by atoms with Crippen LogP contribution in [0.25, 0.3) is 0 Å². The van der Waals surface area contributed by atoms with Gasteiger partial charge < -0.3 is 9.47 Å². The van der Waals surface area contributed by atoms with Gasteiger partial charge >= 0.3 is 0 Å². The molecule has 0 aromatic heterocycles. The fourth-order valence-corrected chi connectivity index (χ4v) is 2.09. The van der Waals surface area contributed by atoms with Crippen LogP contribution in [0.5, 0.6) is 0 Å². The quantitative estimate of drug-likeness (QED) is 0.766. The van der Waals surface area contributed by atoms with Gasteiger partial charge in [0.1, 0.15) is 6.10 Å². The molecule has 1 heterocycles. The Kier molecular flexibility index (Phi) is 3.78. The molecule has 1 aliphatic heterocycles. The Balaban J connectivity index is 2.00. The van der Waals surface area contributed by atoms with Crippen LogP contribution in [0.3, 0.4) is 0 Å². The van der Waals surface area contributed by atoms with Gasteiger partial charge in [0, 0.05) is 4.47 Å². The van der Waals surface area contributed by atoms with E-state index in [1.807, 2.05) is 12.1 Å². The van der Waals surface area contributed by atoms with Crippen molar-refractivity contribution in [2.75, 3.05) is 13.2 Å². The summed E-state index contributed by atoms with van der Waals surface area (Å²) >= 11 is 3.55. The predicted molar refractivity (Wildman–Crippen MR) is 62.9 cm³/mol. The van der Waals surface area contributed by atoms with Crippen LogP contribution in [-0.4, -0.2) is 19.3 Å². The van der Waals surface area contributed by atoms with Crippen molar-refractivity contribution in [2.45, 2.75) is 25.6 Å². The van der Waals surface area contributed by atoms with E-state index in [1.165, 1.54) is 5.56 Å². The molecule has 0 spiro atoms. The van der Waals surface area contributed by atoms with Gasteiger partial charge in [-0.2, -0.15) is 0 Å². The second kappa shape index (κ2) is 5.10. The summed E-state index contributed by atoms with van der Waals surface area (Å²) in [5.41, 5.74) is 1.22. The monoisotopic (exact) mass is 270 g/mol. The fraction of sp³-hybridized carbons (Fsp3) is 0.500. The maximum Gasteiger partial charge on any atom is 0.104 e. The minimum Gasteiger partial charge on any atom is -0.371 e. The highest BCUT2D eigenvalue weighted by molar-refractivity contribution is 9.10. The van der Waals surface area contributed by atoms with E-state index in [-0.39, 0.29) is 6.10 Å². The molecule has 2 atom stereocenters. The lowest BCUT2D eigenvalue weighted by atomic mass is 10.1. The first-order chi connectivity index (χ1) is 7.31. The SMILES string of the molecule is CC[C@@H](OC[C@H]1CO1)c1ccccc1Br. The highest BCUT2D eigenvalue weighted by Gasteiger charge is 2.24. The molecule has 1 aromatic rings. The molecule has 15 heavy (non-hydrogen) atoms. The van der Waals surface area contributed by atoms with Crippen LogP contribution in [-0.2, 0) is 9.47 Å². The molecule has 0 aliphatic carbocycles. The minimum atomic E-state index is 0.171. The molecule has 3 heteroatoms. The molecule has 0 radical (unpaired) electrons. The largest absolute Gasteiger partial charge is 0.371 e. The summed E-state index contributed by atoms with van der Waals surface area (Å²) in [6.07, 6.45) is 1.49. The first kappa shape index (κ1) is 11.1. The third-order valence-corrected chi connectivity index (χ3v) is 3.23. The zero-order valence-electron chi connectivity index (χ0n) is 8.78. The standard InChI is InChI=1S/C12H15BrO2/c1-2-12(15-8-9-7-14-9)10-5-3-4-6-11(10)13/h3-6,9,12H,2,7-8H2,1H3/t9-,12-/m1/s1. The van der Waals surface area contributed by atoms with Crippen molar-refractivity contribution in [2.24, 2.45) is 0 Å². The van der Waals surface area contributed by atoms with Crippen molar-refractivity contribution in [1.29, 1.82) is 0 Å². The summed E-state index contributed by atoms with van der Waals surface area (Å²) in [5.74, 6) is 0. The van der Waals surface area contributed by atoms with E-state index in [1.54, 1.807) is 0 Å². The highest BCUT2D eigenvalue weighted by atomic mass is 79.9. The molecule has 2 rings (SSSR count). The third kappa shape index (κ3) is 3.03. The summed E-state index contributed by atoms with van der Waals surface area (Å²) in [7, 11) is 0. The van der Waals surface area contributed by atoms with E-state index in [4.69, 9.17) is 9.47 Å². The second-order valence-electron chi connectivity index (χ2n) is 3.71. The Bertz CT molecular complexity index is 323. The van der Waals surface area contributed by atoms with Gasteiger partial charge in [-0.1, -0.05) is 41.1 Å². The second-order valence-corrected chi connectivity index (χ2v) is 4.56. The van der Waals surface area contributed by atoms with Crippen molar-refractivity contribution in [1.82, 2.24) is 0 Å². The first-order valence-electron chi connectivity index (χ1n) is 5.29. The van der Waals surface area contributed by atoms with Gasteiger partial charge in [0.15, 0.2) is 0 Å². The topological polar surface area (TPSA) is 21.8 Å². The lowest BCUT2D eigenvalue weighted by Crippen LogP contribution is -2.08. The van der Waals surface area contributed by atoms with Gasteiger partial charge in [-0.15, -0.1) is 0 Å². The van der Waals surface area contributed by atoms with Crippen LogP contribution in [0, 0.1) is 0 Å². The molecule has 0 unspecified atom stereocenters. The van der Waals surface area contributed by atoms with Crippen molar-refractivity contribution in [3.05, 3.63) is 34.3 Å². The number of ether oxygens (including phenoxy) is 2. The van der Waals surface area contributed by atoms with Gasteiger partial charge in [0.05, 0.1) is 19.3 Å². The van der Waals surface area contributed by atoms with Crippen molar-refractivity contribution >= 4 is 15.9 Å². The summed E-state index contributed by atoms with van der Waals surface area (Å²) in [4.78, 5) is 0. The lowest BCUT2D eigenvalue weighted by molar-refractivity contribution is 0.0390.